The summed E-state index contributed by atoms with van der Waals surface area (Å²) in [6, 6.07) is 8.46. The molecule has 3 aliphatic rings. The van der Waals surface area contributed by atoms with Crippen LogP contribution in [-0.4, -0.2) is 36.5 Å². The number of halogens is 1. The van der Waals surface area contributed by atoms with Gasteiger partial charge in [-0.05, 0) is 68.7 Å². The van der Waals surface area contributed by atoms with E-state index in [-0.39, 0.29) is 5.41 Å². The third kappa shape index (κ3) is 3.27. The van der Waals surface area contributed by atoms with E-state index in [2.05, 4.69) is 16.3 Å². The molecule has 1 amide bonds. The molecule has 3 fully saturated rings. The first-order valence-electron chi connectivity index (χ1n) is 8.96. The van der Waals surface area contributed by atoms with Gasteiger partial charge in [0.1, 0.15) is 0 Å². The predicted molar refractivity (Wildman–Crippen MR) is 92.7 cm³/mol. The normalized spacial score (nSPS) is 23.8. The summed E-state index contributed by atoms with van der Waals surface area (Å²) in [7, 11) is 0. The molecule has 0 radical (unpaired) electrons. The number of piperidine rings is 1. The fourth-order valence-corrected chi connectivity index (χ4v) is 3.97. The van der Waals surface area contributed by atoms with Gasteiger partial charge in [0.2, 0.25) is 5.91 Å². The lowest BCUT2D eigenvalue weighted by atomic mass is 9.93. The van der Waals surface area contributed by atoms with E-state index < -0.39 is 0 Å². The Bertz CT molecular complexity index is 587. The number of benzene rings is 1. The van der Waals surface area contributed by atoms with Crippen molar-refractivity contribution in [3.63, 3.8) is 0 Å². The summed E-state index contributed by atoms with van der Waals surface area (Å²) >= 11 is 6.12. The smallest absolute Gasteiger partial charge is 0.233 e. The quantitative estimate of drug-likeness (QED) is 0.896. The molecule has 0 aromatic heterocycles. The van der Waals surface area contributed by atoms with Crippen LogP contribution in [0.25, 0.3) is 0 Å². The van der Waals surface area contributed by atoms with E-state index in [4.69, 9.17) is 11.6 Å². The molecule has 4 heteroatoms. The van der Waals surface area contributed by atoms with Crippen LogP contribution >= 0.6 is 11.6 Å². The second kappa shape index (κ2) is 6.10. The molecule has 2 saturated carbocycles. The second-order valence-corrected chi connectivity index (χ2v) is 7.95. The summed E-state index contributed by atoms with van der Waals surface area (Å²) in [5, 5.41) is 4.41. The van der Waals surface area contributed by atoms with E-state index in [9.17, 15) is 4.79 Å². The van der Waals surface area contributed by atoms with E-state index >= 15 is 0 Å². The fourth-order valence-electron chi connectivity index (χ4n) is 3.78. The molecule has 0 atom stereocenters. The van der Waals surface area contributed by atoms with Crippen LogP contribution in [0.4, 0.5) is 0 Å². The monoisotopic (exact) mass is 332 g/mol. The molecule has 0 bridgehead atoms. The number of hydrogen-bond acceptors (Lipinski definition) is 2. The fraction of sp³-hybridized carbons (Fsp3) is 0.632. The summed E-state index contributed by atoms with van der Waals surface area (Å²) in [4.78, 5) is 15.1. The van der Waals surface area contributed by atoms with E-state index in [1.165, 1.54) is 19.4 Å². The zero-order chi connectivity index (χ0) is 15.9. The highest BCUT2D eigenvalue weighted by atomic mass is 35.5. The zero-order valence-corrected chi connectivity index (χ0v) is 14.3. The van der Waals surface area contributed by atoms with Gasteiger partial charge in [-0.2, -0.15) is 0 Å². The van der Waals surface area contributed by atoms with Gasteiger partial charge in [0.05, 0.1) is 5.41 Å². The maximum atomic E-state index is 13.0. The lowest BCUT2D eigenvalue weighted by Gasteiger charge is -2.35. The van der Waals surface area contributed by atoms with Crippen molar-refractivity contribution in [2.75, 3.05) is 19.6 Å². The third-order valence-electron chi connectivity index (χ3n) is 5.71. The minimum atomic E-state index is -0.279. The van der Waals surface area contributed by atoms with E-state index in [0.29, 0.717) is 11.9 Å². The van der Waals surface area contributed by atoms with Crippen molar-refractivity contribution in [2.45, 2.75) is 50.0 Å². The molecule has 4 rings (SSSR count). The Balaban J connectivity index is 1.36. The number of nitrogens with zero attached hydrogens (tertiary/aromatic N) is 1. The van der Waals surface area contributed by atoms with E-state index in [1.54, 1.807) is 0 Å². The van der Waals surface area contributed by atoms with Crippen LogP contribution in [0.5, 0.6) is 0 Å². The lowest BCUT2D eigenvalue weighted by Crippen LogP contribution is -2.48. The van der Waals surface area contributed by atoms with Crippen LogP contribution in [0.3, 0.4) is 0 Å². The van der Waals surface area contributed by atoms with Crippen molar-refractivity contribution in [2.24, 2.45) is 5.92 Å². The molecular weight excluding hydrogens is 308 g/mol. The molecule has 1 aliphatic heterocycles. The summed E-state index contributed by atoms with van der Waals surface area (Å²) < 4.78 is 0. The minimum absolute atomic E-state index is 0.279. The number of nitrogens with one attached hydrogen (secondary N) is 1. The Morgan fingerprint density at radius 1 is 1.22 bits per heavy atom. The summed E-state index contributed by atoms with van der Waals surface area (Å²) in [6.45, 7) is 2.96. The lowest BCUT2D eigenvalue weighted by molar-refractivity contribution is -0.135. The van der Waals surface area contributed by atoms with Crippen LogP contribution in [0, 0.1) is 5.92 Å². The molecule has 1 aromatic carbocycles. The molecule has 1 heterocycles. The van der Waals surface area contributed by atoms with E-state index in [1.807, 2.05) is 18.2 Å². The zero-order valence-electron chi connectivity index (χ0n) is 13.6. The van der Waals surface area contributed by atoms with Crippen molar-refractivity contribution in [3.05, 3.63) is 34.9 Å². The first kappa shape index (κ1) is 15.5. The van der Waals surface area contributed by atoms with Crippen LogP contribution in [0.2, 0.25) is 5.02 Å². The Hall–Kier alpha value is -1.06. The third-order valence-corrected chi connectivity index (χ3v) is 5.95. The molecule has 124 valence electrons. The largest absolute Gasteiger partial charge is 0.342 e. The molecule has 1 saturated heterocycles. The van der Waals surface area contributed by atoms with Crippen molar-refractivity contribution >= 4 is 17.5 Å². The van der Waals surface area contributed by atoms with Gasteiger partial charge in [0.15, 0.2) is 0 Å². The van der Waals surface area contributed by atoms with Gasteiger partial charge in [-0.1, -0.05) is 23.7 Å². The van der Waals surface area contributed by atoms with Crippen LogP contribution in [-0.2, 0) is 10.2 Å². The van der Waals surface area contributed by atoms with Gasteiger partial charge in [-0.25, -0.2) is 0 Å². The van der Waals surface area contributed by atoms with Crippen LogP contribution in [0.1, 0.15) is 44.1 Å². The maximum absolute atomic E-state index is 13.0. The number of hydrogen-bond donors (Lipinski definition) is 1. The first-order chi connectivity index (χ1) is 11.2. The average molecular weight is 333 g/mol. The van der Waals surface area contributed by atoms with Gasteiger partial charge in [-0.15, -0.1) is 0 Å². The maximum Gasteiger partial charge on any atom is 0.233 e. The molecule has 0 unspecified atom stereocenters. The summed E-state index contributed by atoms with van der Waals surface area (Å²) in [5.74, 6) is 1.24. The molecular formula is C19H25ClN2O. The molecule has 23 heavy (non-hydrogen) atoms. The molecule has 1 N–H and O–H groups in total. The van der Waals surface area contributed by atoms with Gasteiger partial charge in [0, 0.05) is 24.2 Å². The average Bonchev–Trinajstić information content (AvgIpc) is 3.47. The Kier molecular flexibility index (Phi) is 4.10. The first-order valence-corrected chi connectivity index (χ1v) is 9.34. The Morgan fingerprint density at radius 3 is 2.57 bits per heavy atom. The van der Waals surface area contributed by atoms with Gasteiger partial charge < -0.3 is 10.2 Å². The standard InChI is InChI=1S/C19H25ClN2O/c20-16-3-1-2-15(12-16)19(8-9-19)18(23)22-10-6-17(7-11-22)21-13-14-4-5-14/h1-3,12,14,17,21H,4-11,13H2. The van der Waals surface area contributed by atoms with Crippen molar-refractivity contribution in [3.8, 4) is 0 Å². The number of carbonyl (C=O) groups excluding carboxylic acids is 1. The summed E-state index contributed by atoms with van der Waals surface area (Å²) in [5.41, 5.74) is 0.822. The SMILES string of the molecule is O=C(N1CCC(NCC2CC2)CC1)C1(c2cccc(Cl)c2)CC1. The molecule has 1 aromatic rings. The van der Waals surface area contributed by atoms with Gasteiger partial charge in [-0.3, -0.25) is 4.79 Å². The van der Waals surface area contributed by atoms with Crippen LogP contribution in [0.15, 0.2) is 24.3 Å². The van der Waals surface area contributed by atoms with Crippen molar-refractivity contribution < 1.29 is 4.79 Å². The molecule has 2 aliphatic carbocycles. The number of rotatable bonds is 5. The van der Waals surface area contributed by atoms with Crippen molar-refractivity contribution in [1.29, 1.82) is 0 Å². The second-order valence-electron chi connectivity index (χ2n) is 7.51. The Labute approximate surface area is 143 Å². The highest BCUT2D eigenvalue weighted by molar-refractivity contribution is 6.30. The van der Waals surface area contributed by atoms with Gasteiger partial charge in [0.25, 0.3) is 0 Å². The van der Waals surface area contributed by atoms with Crippen LogP contribution < -0.4 is 5.32 Å². The topological polar surface area (TPSA) is 32.3 Å². The van der Waals surface area contributed by atoms with Crippen molar-refractivity contribution in [1.82, 2.24) is 10.2 Å². The number of carbonyl (C=O) groups is 1. The summed E-state index contributed by atoms with van der Waals surface area (Å²) in [6.07, 6.45) is 6.89. The Morgan fingerprint density at radius 2 is 1.96 bits per heavy atom. The van der Waals surface area contributed by atoms with Gasteiger partial charge >= 0.3 is 0 Å². The number of amides is 1. The highest BCUT2D eigenvalue weighted by Crippen LogP contribution is 2.50. The highest BCUT2D eigenvalue weighted by Gasteiger charge is 2.53. The predicted octanol–water partition coefficient (Wildman–Crippen LogP) is 3.36. The number of likely N-dealkylation sites (tertiary alicyclic amines) is 1. The molecule has 3 nitrogen and oxygen atoms in total. The van der Waals surface area contributed by atoms with E-state index in [0.717, 1.165) is 55.3 Å². The minimum Gasteiger partial charge on any atom is -0.342 e. The molecule has 0 spiro atoms.